The van der Waals surface area contributed by atoms with E-state index in [-0.39, 0.29) is 17.9 Å². The lowest BCUT2D eigenvalue weighted by atomic mass is 9.76. The van der Waals surface area contributed by atoms with Crippen LogP contribution in [0.15, 0.2) is 48.5 Å². The molecule has 1 aliphatic heterocycles. The number of likely N-dealkylation sites (N-methyl/N-ethyl adjacent to an activating group) is 1. The molecular weight excluding hydrogens is 439 g/mol. The smallest absolute Gasteiger partial charge is 0.257 e. The Kier molecular flexibility index (Phi) is 5.37. The second kappa shape index (κ2) is 7.39. The Morgan fingerprint density at radius 2 is 1.81 bits per heavy atom. The number of nitrogens with zero attached hydrogens (tertiary/aromatic N) is 1. The van der Waals surface area contributed by atoms with Gasteiger partial charge in [0.25, 0.3) is 5.91 Å². The molecule has 136 valence electrons. The number of fused-ring (bicyclic) bond motifs is 1. The normalized spacial score (nSPS) is 20.1. The Hall–Kier alpha value is -1.89. The Bertz CT molecular complexity index is 851. The molecule has 2 unspecified atom stereocenters. The molecule has 1 N–H and O–H groups in total. The van der Waals surface area contributed by atoms with Gasteiger partial charge < -0.3 is 10.2 Å². The highest BCUT2D eigenvalue weighted by Gasteiger charge is 2.50. The van der Waals surface area contributed by atoms with Crippen LogP contribution in [0.1, 0.15) is 37.0 Å². The lowest BCUT2D eigenvalue weighted by Gasteiger charge is -2.42. The first-order valence-electron chi connectivity index (χ1n) is 8.83. The summed E-state index contributed by atoms with van der Waals surface area (Å²) in [4.78, 5) is 28.2. The third kappa shape index (κ3) is 3.02. The van der Waals surface area contributed by atoms with Crippen LogP contribution < -0.4 is 5.32 Å². The first-order valence-corrected chi connectivity index (χ1v) is 9.91. The van der Waals surface area contributed by atoms with Gasteiger partial charge in [-0.1, -0.05) is 49.4 Å². The Balaban J connectivity index is 2.30. The number of rotatable bonds is 4. The number of nitrogens with one attached hydrogen (secondary N) is 1. The van der Waals surface area contributed by atoms with Crippen LogP contribution >= 0.6 is 22.6 Å². The largest absolute Gasteiger partial charge is 0.340 e. The van der Waals surface area contributed by atoms with Crippen LogP contribution in [-0.2, 0) is 21.5 Å². The van der Waals surface area contributed by atoms with Crippen LogP contribution in [0.2, 0.25) is 0 Å². The van der Waals surface area contributed by atoms with Crippen molar-refractivity contribution in [3.63, 3.8) is 0 Å². The number of carbonyl (C=O) groups is 2. The van der Waals surface area contributed by atoms with E-state index in [1.54, 1.807) is 4.90 Å². The van der Waals surface area contributed by atoms with Crippen LogP contribution in [0.3, 0.4) is 0 Å². The molecule has 0 fully saturated rings. The Morgan fingerprint density at radius 1 is 1.19 bits per heavy atom. The molecule has 3 rings (SSSR count). The highest BCUT2D eigenvalue weighted by Crippen LogP contribution is 2.39. The van der Waals surface area contributed by atoms with Crippen molar-refractivity contribution in [2.75, 3.05) is 7.05 Å². The van der Waals surface area contributed by atoms with E-state index in [0.717, 1.165) is 26.7 Å². The summed E-state index contributed by atoms with van der Waals surface area (Å²) in [6.45, 7) is 4.08. The monoisotopic (exact) mass is 462 g/mol. The molecule has 0 aromatic heterocycles. The van der Waals surface area contributed by atoms with Gasteiger partial charge >= 0.3 is 0 Å². The number of hydrogen-bond donors (Lipinski definition) is 1. The summed E-state index contributed by atoms with van der Waals surface area (Å²) in [6, 6.07) is 15.6. The van der Waals surface area contributed by atoms with Gasteiger partial charge in [-0.05, 0) is 53.1 Å². The molecule has 0 saturated carbocycles. The van der Waals surface area contributed by atoms with Gasteiger partial charge in [-0.2, -0.15) is 0 Å². The van der Waals surface area contributed by atoms with E-state index in [0.29, 0.717) is 6.42 Å². The van der Waals surface area contributed by atoms with Crippen molar-refractivity contribution in [3.05, 3.63) is 68.8 Å². The number of benzene rings is 2. The molecule has 4 nitrogen and oxygen atoms in total. The molecule has 0 saturated heterocycles. The van der Waals surface area contributed by atoms with Crippen molar-refractivity contribution in [2.45, 2.75) is 38.3 Å². The molecule has 0 radical (unpaired) electrons. The predicted molar refractivity (Wildman–Crippen MR) is 111 cm³/mol. The van der Waals surface area contributed by atoms with Gasteiger partial charge in [0.1, 0.15) is 0 Å². The fourth-order valence-electron chi connectivity index (χ4n) is 3.53. The lowest BCUT2D eigenvalue weighted by molar-refractivity contribution is -0.141. The topological polar surface area (TPSA) is 49.4 Å². The van der Waals surface area contributed by atoms with Crippen molar-refractivity contribution in [3.8, 4) is 0 Å². The van der Waals surface area contributed by atoms with Crippen LogP contribution in [0.4, 0.5) is 0 Å². The van der Waals surface area contributed by atoms with Crippen LogP contribution in [-0.4, -0.2) is 29.8 Å². The van der Waals surface area contributed by atoms with Crippen molar-refractivity contribution >= 4 is 34.4 Å². The summed E-state index contributed by atoms with van der Waals surface area (Å²) in [5, 5.41) is 3.07. The summed E-state index contributed by atoms with van der Waals surface area (Å²) in [7, 11) is 1.82. The van der Waals surface area contributed by atoms with Gasteiger partial charge in [-0.3, -0.25) is 9.59 Å². The third-order valence-electron chi connectivity index (χ3n) is 5.27. The molecule has 1 aliphatic rings. The molecule has 26 heavy (non-hydrogen) atoms. The van der Waals surface area contributed by atoms with E-state index in [1.807, 2.05) is 62.5 Å². The molecule has 0 bridgehead atoms. The first kappa shape index (κ1) is 18.9. The van der Waals surface area contributed by atoms with Gasteiger partial charge in [-0.25, -0.2) is 0 Å². The third-order valence-corrected chi connectivity index (χ3v) is 6.21. The predicted octanol–water partition coefficient (Wildman–Crippen LogP) is 3.46. The first-order chi connectivity index (χ1) is 12.4. The number of hydrogen-bond acceptors (Lipinski definition) is 2. The van der Waals surface area contributed by atoms with Gasteiger partial charge in [0.05, 0.1) is 6.42 Å². The fraction of sp³-hybridized carbons (Fsp3) is 0.333. The molecule has 2 aromatic carbocycles. The highest BCUT2D eigenvalue weighted by molar-refractivity contribution is 14.1. The van der Waals surface area contributed by atoms with E-state index in [2.05, 4.69) is 34.8 Å². The summed E-state index contributed by atoms with van der Waals surface area (Å²) >= 11 is 2.24. The summed E-state index contributed by atoms with van der Waals surface area (Å²) in [6.07, 6.45) is 1.14. The zero-order valence-electron chi connectivity index (χ0n) is 15.3. The van der Waals surface area contributed by atoms with Crippen LogP contribution in [0, 0.1) is 3.57 Å². The van der Waals surface area contributed by atoms with Crippen molar-refractivity contribution in [1.82, 2.24) is 10.2 Å². The van der Waals surface area contributed by atoms with Crippen molar-refractivity contribution in [2.24, 2.45) is 0 Å². The number of carbonyl (C=O) groups excluding carboxylic acids is 2. The molecule has 0 aliphatic carbocycles. The van der Waals surface area contributed by atoms with Gasteiger partial charge in [0.15, 0.2) is 5.54 Å². The quantitative estimate of drug-likeness (QED) is 0.708. The van der Waals surface area contributed by atoms with Gasteiger partial charge in [0.2, 0.25) is 5.91 Å². The summed E-state index contributed by atoms with van der Waals surface area (Å²) in [5.74, 6) is -0.231. The highest BCUT2D eigenvalue weighted by atomic mass is 127. The Morgan fingerprint density at radius 3 is 2.46 bits per heavy atom. The Labute approximate surface area is 168 Å². The van der Waals surface area contributed by atoms with Gasteiger partial charge in [-0.15, -0.1) is 0 Å². The maximum Gasteiger partial charge on any atom is 0.257 e. The minimum Gasteiger partial charge on any atom is -0.340 e. The SMILES string of the molecule is CCC(C)N(C)C(=O)C1(c2ccccc2I)NC(=O)Cc2ccccc21. The molecule has 1 heterocycles. The standard InChI is InChI=1S/C21H23IN2O2/c1-4-14(2)24(3)20(26)21(17-11-7-8-12-18(17)22)16-10-6-5-9-15(16)13-19(25)23-21/h5-12,14H,4,13H2,1-3H3,(H,23,25). The average molecular weight is 462 g/mol. The van der Waals surface area contributed by atoms with Crippen molar-refractivity contribution < 1.29 is 9.59 Å². The maximum atomic E-state index is 13.8. The zero-order chi connectivity index (χ0) is 18.9. The zero-order valence-corrected chi connectivity index (χ0v) is 17.4. The summed E-state index contributed by atoms with van der Waals surface area (Å²) < 4.78 is 0.952. The van der Waals surface area contributed by atoms with E-state index < -0.39 is 5.54 Å². The van der Waals surface area contributed by atoms with Crippen LogP contribution in [0.5, 0.6) is 0 Å². The second-order valence-corrected chi connectivity index (χ2v) is 7.95. The maximum absolute atomic E-state index is 13.8. The molecule has 2 amide bonds. The molecule has 2 aromatic rings. The molecule has 5 heteroatoms. The minimum absolute atomic E-state index is 0.0757. The van der Waals surface area contributed by atoms with E-state index in [9.17, 15) is 9.59 Å². The average Bonchev–Trinajstić information content (AvgIpc) is 2.65. The van der Waals surface area contributed by atoms with Crippen molar-refractivity contribution in [1.29, 1.82) is 0 Å². The minimum atomic E-state index is -1.19. The van der Waals surface area contributed by atoms with E-state index in [1.165, 1.54) is 0 Å². The van der Waals surface area contributed by atoms with Gasteiger partial charge in [0, 0.05) is 22.2 Å². The van der Waals surface area contributed by atoms with E-state index in [4.69, 9.17) is 0 Å². The molecule has 0 spiro atoms. The fourth-order valence-corrected chi connectivity index (χ4v) is 4.33. The second-order valence-electron chi connectivity index (χ2n) is 6.79. The van der Waals surface area contributed by atoms with E-state index >= 15 is 0 Å². The molecule has 2 atom stereocenters. The van der Waals surface area contributed by atoms with Crippen LogP contribution in [0.25, 0.3) is 0 Å². The number of amides is 2. The molecular formula is C21H23IN2O2. The summed E-state index contributed by atoms with van der Waals surface area (Å²) in [5.41, 5.74) is 1.40. The number of halogens is 1. The lowest BCUT2D eigenvalue weighted by Crippen LogP contribution is -2.61.